The van der Waals surface area contributed by atoms with Gasteiger partial charge in [-0.05, 0) is 30.7 Å². The van der Waals surface area contributed by atoms with E-state index in [0.29, 0.717) is 0 Å². The molecule has 0 spiro atoms. The van der Waals surface area contributed by atoms with E-state index in [0.717, 1.165) is 17.0 Å². The van der Waals surface area contributed by atoms with E-state index < -0.39 is 0 Å². The maximum atomic E-state index is 4.51. The second kappa shape index (κ2) is 5.82. The number of fused-ring (bicyclic) bond motifs is 1. The van der Waals surface area contributed by atoms with Crippen LogP contribution in [0.15, 0.2) is 67.0 Å². The minimum absolute atomic E-state index is 0.993. The van der Waals surface area contributed by atoms with Crippen molar-refractivity contribution >= 4 is 6.08 Å². The highest BCUT2D eigenvalue weighted by molar-refractivity contribution is 5.76. The molecule has 1 aliphatic carbocycles. The monoisotopic (exact) mass is 310 g/mol. The van der Waals surface area contributed by atoms with Gasteiger partial charge in [0, 0.05) is 17.3 Å². The molecule has 0 amide bonds. The Bertz CT molecular complexity index is 1050. The summed E-state index contributed by atoms with van der Waals surface area (Å²) in [7, 11) is 0. The van der Waals surface area contributed by atoms with Gasteiger partial charge in [0.1, 0.15) is 12.4 Å². The van der Waals surface area contributed by atoms with Crippen molar-refractivity contribution in [3.63, 3.8) is 0 Å². The summed E-state index contributed by atoms with van der Waals surface area (Å²) in [5.74, 6) is 0. The first-order valence-electron chi connectivity index (χ1n) is 8.01. The van der Waals surface area contributed by atoms with E-state index in [4.69, 9.17) is 0 Å². The topological polar surface area (TPSA) is 18.8 Å². The summed E-state index contributed by atoms with van der Waals surface area (Å²) in [5, 5.41) is 1.22. The van der Waals surface area contributed by atoms with E-state index in [1.165, 1.54) is 21.9 Å². The fraction of sp³-hybridized carbons (Fsp3) is 0.0455. The molecule has 2 aromatic heterocycles. The third-order valence-corrected chi connectivity index (χ3v) is 4.47. The van der Waals surface area contributed by atoms with Crippen molar-refractivity contribution in [2.24, 2.45) is 0 Å². The number of aromatic nitrogens is 2. The minimum Gasteiger partial charge on any atom is -0.256 e. The summed E-state index contributed by atoms with van der Waals surface area (Å²) in [6.45, 7) is 6.35. The molecule has 0 radical (unpaired) electrons. The average molecular weight is 310 g/mol. The first-order valence-corrected chi connectivity index (χ1v) is 8.01. The van der Waals surface area contributed by atoms with Gasteiger partial charge in [-0.15, -0.1) is 24.6 Å². The van der Waals surface area contributed by atoms with Crippen LogP contribution >= 0.6 is 0 Å². The van der Waals surface area contributed by atoms with E-state index in [-0.39, 0.29) is 0 Å². The van der Waals surface area contributed by atoms with Crippen LogP contribution in [0.2, 0.25) is 0 Å². The van der Waals surface area contributed by atoms with Crippen molar-refractivity contribution < 1.29 is 4.24 Å². The zero-order chi connectivity index (χ0) is 16.5. The lowest BCUT2D eigenvalue weighted by Crippen LogP contribution is -2.26. The molecule has 116 valence electrons. The molecule has 0 bridgehead atoms. The lowest BCUT2D eigenvalue weighted by atomic mass is 9.92. The maximum absolute atomic E-state index is 4.51. The number of hydrogen-bond donors (Lipinski definition) is 0. The van der Waals surface area contributed by atoms with Crippen molar-refractivity contribution in [3.05, 3.63) is 96.5 Å². The molecule has 4 rings (SSSR count). The quantitative estimate of drug-likeness (QED) is 0.523. The molecule has 0 unspecified atom stereocenters. The van der Waals surface area contributed by atoms with Gasteiger partial charge < -0.3 is 0 Å². The number of pyridine rings is 2. The van der Waals surface area contributed by atoms with Crippen molar-refractivity contribution in [2.75, 3.05) is 0 Å². The molecule has 1 aromatic carbocycles. The normalized spacial score (nSPS) is 12.2. The smallest absolute Gasteiger partial charge is 0.156 e. The van der Waals surface area contributed by atoms with Gasteiger partial charge in [0.05, 0.1) is 5.69 Å². The van der Waals surface area contributed by atoms with Crippen LogP contribution in [-0.2, 0) is 0 Å². The molecule has 2 heterocycles. The van der Waals surface area contributed by atoms with E-state index in [1.54, 1.807) is 0 Å². The number of hydrogen-bond acceptors (Lipinski definition) is 1. The van der Waals surface area contributed by atoms with Gasteiger partial charge in [-0.1, -0.05) is 35.0 Å². The molecule has 3 aromatic rings. The molecule has 1 aliphatic rings. The molecule has 0 saturated carbocycles. The molecule has 2 nitrogen and oxygen atoms in total. The Kier molecular flexibility index (Phi) is 3.51. The molecule has 0 saturated heterocycles. The highest BCUT2D eigenvalue weighted by atomic mass is 14.8. The molecule has 24 heavy (non-hydrogen) atoms. The molecule has 2 heteroatoms. The van der Waals surface area contributed by atoms with Crippen LogP contribution in [0.4, 0.5) is 0 Å². The summed E-state index contributed by atoms with van der Waals surface area (Å²) in [4.78, 5) is 4.51. The van der Waals surface area contributed by atoms with Gasteiger partial charge in [-0.3, -0.25) is 4.98 Å². The Balaban J connectivity index is 1.99. The molecule has 0 fully saturated rings. The predicted molar refractivity (Wildman–Crippen MR) is 97.4 cm³/mol. The highest BCUT2D eigenvalue weighted by Crippen LogP contribution is 2.30. The van der Waals surface area contributed by atoms with E-state index in [9.17, 15) is 0 Å². The Hall–Kier alpha value is -3.13. The standard InChI is InChI=1S/C22H18N2/c1-16-18(21-12-5-6-14-23-21)10-7-11-19(16)22-20-9-4-3-8-17(20)13-15-24(22)2/h3-15H,2H2,1H3. The lowest BCUT2D eigenvalue weighted by molar-refractivity contribution is -0.486. The number of benzene rings is 1. The summed E-state index contributed by atoms with van der Waals surface area (Å²) < 4.78 is 1.95. The second-order valence-corrected chi connectivity index (χ2v) is 5.91. The zero-order valence-electron chi connectivity index (χ0n) is 13.6. The van der Waals surface area contributed by atoms with Crippen molar-refractivity contribution in [1.29, 1.82) is 0 Å². The molecule has 0 N–H and O–H groups in total. The SMILES string of the molecule is C=[n+]1ccc2c(c1-c1cccc(-c3ccccn3)c1C)[CH-]C=CC=2. The van der Waals surface area contributed by atoms with Gasteiger partial charge in [0.2, 0.25) is 0 Å². The lowest BCUT2D eigenvalue weighted by Gasteiger charge is -2.17. The van der Waals surface area contributed by atoms with E-state index in [1.807, 2.05) is 34.8 Å². The molecular weight excluding hydrogens is 292 g/mol. The zero-order valence-corrected chi connectivity index (χ0v) is 13.6. The fourth-order valence-corrected chi connectivity index (χ4v) is 3.25. The van der Waals surface area contributed by atoms with Gasteiger partial charge >= 0.3 is 0 Å². The van der Waals surface area contributed by atoms with Gasteiger partial charge in [0.25, 0.3) is 0 Å². The highest BCUT2D eigenvalue weighted by Gasteiger charge is 2.14. The third-order valence-electron chi connectivity index (χ3n) is 4.47. The molecule has 0 aliphatic heterocycles. The van der Waals surface area contributed by atoms with E-state index >= 15 is 0 Å². The Morgan fingerprint density at radius 1 is 1.04 bits per heavy atom. The summed E-state index contributed by atoms with van der Waals surface area (Å²) in [6, 6.07) is 14.5. The maximum Gasteiger partial charge on any atom is 0.156 e. The Morgan fingerprint density at radius 3 is 2.75 bits per heavy atom. The van der Waals surface area contributed by atoms with Crippen LogP contribution in [0.1, 0.15) is 11.1 Å². The van der Waals surface area contributed by atoms with Crippen LogP contribution in [0.25, 0.3) is 28.6 Å². The van der Waals surface area contributed by atoms with Crippen molar-refractivity contribution in [3.8, 4) is 22.5 Å². The average Bonchev–Trinajstić information content (AvgIpc) is 2.63. The van der Waals surface area contributed by atoms with Crippen LogP contribution < -0.4 is 9.46 Å². The van der Waals surface area contributed by atoms with Crippen molar-refractivity contribution in [2.45, 2.75) is 6.92 Å². The third kappa shape index (κ3) is 2.33. The number of nitrogens with zero attached hydrogens (tertiary/aromatic N) is 2. The molecule has 0 atom stereocenters. The fourth-order valence-electron chi connectivity index (χ4n) is 3.25. The summed E-state index contributed by atoms with van der Waals surface area (Å²) >= 11 is 0. The van der Waals surface area contributed by atoms with Crippen LogP contribution in [0.5, 0.6) is 0 Å². The second-order valence-electron chi connectivity index (χ2n) is 5.91. The predicted octanol–water partition coefficient (Wildman–Crippen LogP) is 3.55. The first-order chi connectivity index (χ1) is 11.8. The number of allylic oxidation sites excluding steroid dienone is 2. The van der Waals surface area contributed by atoms with Gasteiger partial charge in [-0.2, -0.15) is 0 Å². The van der Waals surface area contributed by atoms with Crippen LogP contribution in [0.3, 0.4) is 0 Å². The van der Waals surface area contributed by atoms with Gasteiger partial charge in [-0.25, -0.2) is 4.24 Å². The Morgan fingerprint density at radius 2 is 1.92 bits per heavy atom. The molecular formula is C22H18N2. The van der Waals surface area contributed by atoms with Crippen LogP contribution in [-0.4, -0.2) is 4.98 Å². The van der Waals surface area contributed by atoms with E-state index in [2.05, 4.69) is 67.5 Å². The number of rotatable bonds is 2. The van der Waals surface area contributed by atoms with Crippen LogP contribution in [0, 0.1) is 20.1 Å². The first kappa shape index (κ1) is 14.5. The van der Waals surface area contributed by atoms with Crippen molar-refractivity contribution in [1.82, 2.24) is 4.98 Å². The summed E-state index contributed by atoms with van der Waals surface area (Å²) in [6.07, 6.45) is 12.3. The largest absolute Gasteiger partial charge is 0.256 e. The summed E-state index contributed by atoms with van der Waals surface area (Å²) in [5.41, 5.74) is 6.88. The van der Waals surface area contributed by atoms with Gasteiger partial charge in [0.15, 0.2) is 6.20 Å². The minimum atomic E-state index is 0.993. The Labute approximate surface area is 141 Å².